The Morgan fingerprint density at radius 2 is 1.90 bits per heavy atom. The van der Waals surface area contributed by atoms with E-state index in [4.69, 9.17) is 10.5 Å². The van der Waals surface area contributed by atoms with E-state index in [0.717, 1.165) is 6.07 Å². The number of benzene rings is 2. The van der Waals surface area contributed by atoms with E-state index >= 15 is 0 Å². The Hall–Kier alpha value is -2.83. The minimum Gasteiger partial charge on any atom is -0.404 e. The van der Waals surface area contributed by atoms with Crippen molar-refractivity contribution in [2.45, 2.75) is 17.8 Å². The molecule has 0 heterocycles. The number of methoxy groups -OCH3 is 1. The molecule has 2 aromatic rings. The highest BCUT2D eigenvalue weighted by Gasteiger charge is 2.32. The van der Waals surface area contributed by atoms with Crippen molar-refractivity contribution in [3.8, 4) is 5.75 Å². The summed E-state index contributed by atoms with van der Waals surface area (Å²) in [5, 5.41) is 2.54. The first-order valence-corrected chi connectivity index (χ1v) is 10.1. The van der Waals surface area contributed by atoms with Gasteiger partial charge in [0.1, 0.15) is 0 Å². The molecule has 0 radical (unpaired) electrons. The summed E-state index contributed by atoms with van der Waals surface area (Å²) in [5.41, 5.74) is 6.27. The molecule has 0 aliphatic rings. The molecule has 12 heteroatoms. The van der Waals surface area contributed by atoms with Crippen molar-refractivity contribution in [1.82, 2.24) is 4.72 Å². The van der Waals surface area contributed by atoms with Crippen LogP contribution in [0, 0.1) is 0 Å². The summed E-state index contributed by atoms with van der Waals surface area (Å²) < 4.78 is 73.1. The smallest absolute Gasteiger partial charge is 0.404 e. The molecule has 2 rings (SSSR count). The zero-order valence-electron chi connectivity index (χ0n) is 15.9. The lowest BCUT2D eigenvalue weighted by molar-refractivity contribution is -0.274. The van der Waals surface area contributed by atoms with Gasteiger partial charge in [-0.2, -0.15) is 0 Å². The molecule has 8 nitrogen and oxygen atoms in total. The van der Waals surface area contributed by atoms with Crippen LogP contribution in [0.15, 0.2) is 58.4 Å². The number of ether oxygens (including phenoxy) is 2. The summed E-state index contributed by atoms with van der Waals surface area (Å²) in [4.78, 5) is 4.08. The second kappa shape index (κ2) is 10.3. The highest BCUT2D eigenvalue weighted by Crippen LogP contribution is 2.29. The number of nitrogens with one attached hydrogen (secondary N) is 2. The molecule has 0 amide bonds. The third-order valence-electron chi connectivity index (χ3n) is 3.61. The number of para-hydroxylation sites is 2. The van der Waals surface area contributed by atoms with E-state index in [1.807, 2.05) is 0 Å². The Bertz CT molecular complexity index is 981. The van der Waals surface area contributed by atoms with Crippen LogP contribution in [0.25, 0.3) is 0 Å². The van der Waals surface area contributed by atoms with E-state index in [0.29, 0.717) is 5.56 Å². The van der Waals surface area contributed by atoms with Gasteiger partial charge >= 0.3 is 6.36 Å². The van der Waals surface area contributed by atoms with Crippen LogP contribution < -0.4 is 20.5 Å². The third-order valence-corrected chi connectivity index (χ3v) is 5.07. The maximum absolute atomic E-state index is 12.5. The SMILES string of the molecule is COCCNS(=O)(=O)c1cccc(CN=C(N)Nc2ccccc2OC(F)(F)F)c1. The maximum Gasteiger partial charge on any atom is 0.573 e. The molecular weight excluding hydrogens is 425 g/mol. The molecule has 0 aliphatic heterocycles. The summed E-state index contributed by atoms with van der Waals surface area (Å²) in [6, 6.07) is 11.4. The van der Waals surface area contributed by atoms with E-state index in [9.17, 15) is 21.6 Å². The number of hydrogen-bond acceptors (Lipinski definition) is 5. The van der Waals surface area contributed by atoms with Gasteiger partial charge < -0.3 is 20.5 Å². The van der Waals surface area contributed by atoms with Gasteiger partial charge in [0.15, 0.2) is 11.7 Å². The fraction of sp³-hybridized carbons (Fsp3) is 0.278. The Morgan fingerprint density at radius 3 is 2.60 bits per heavy atom. The summed E-state index contributed by atoms with van der Waals surface area (Å²) in [7, 11) is -2.26. The molecule has 0 unspecified atom stereocenters. The van der Waals surface area contributed by atoms with Gasteiger partial charge in [0.25, 0.3) is 0 Å². The quantitative estimate of drug-likeness (QED) is 0.310. The highest BCUT2D eigenvalue weighted by atomic mass is 32.2. The van der Waals surface area contributed by atoms with Gasteiger partial charge in [-0.3, -0.25) is 0 Å². The van der Waals surface area contributed by atoms with Gasteiger partial charge in [-0.15, -0.1) is 13.2 Å². The Labute approximate surface area is 171 Å². The number of nitrogens with two attached hydrogens (primary N) is 1. The van der Waals surface area contributed by atoms with Gasteiger partial charge in [0.05, 0.1) is 23.7 Å². The molecule has 0 spiro atoms. The number of halogens is 3. The van der Waals surface area contributed by atoms with Crippen molar-refractivity contribution in [3.05, 3.63) is 54.1 Å². The fourth-order valence-corrected chi connectivity index (χ4v) is 3.39. The zero-order valence-corrected chi connectivity index (χ0v) is 16.8. The normalized spacial score (nSPS) is 12.6. The standard InChI is InChI=1S/C18H21F3N4O4S/c1-28-10-9-24-30(26,27)14-6-4-5-13(11-14)12-23-17(22)25-15-7-2-3-8-16(15)29-18(19,20)21/h2-8,11,24H,9-10,12H2,1H3,(H3,22,23,25). The Kier molecular flexibility index (Phi) is 8.03. The van der Waals surface area contributed by atoms with E-state index < -0.39 is 22.1 Å². The van der Waals surface area contributed by atoms with Crippen LogP contribution in [0.3, 0.4) is 0 Å². The minimum atomic E-state index is -4.85. The van der Waals surface area contributed by atoms with Crippen LogP contribution in [-0.4, -0.2) is 41.0 Å². The second-order valence-electron chi connectivity index (χ2n) is 5.91. The van der Waals surface area contributed by atoms with E-state index in [2.05, 4.69) is 19.8 Å². The molecule has 2 aromatic carbocycles. The average Bonchev–Trinajstić information content (AvgIpc) is 2.67. The molecular formula is C18H21F3N4O4S. The molecule has 0 bridgehead atoms. The maximum atomic E-state index is 12.5. The first-order chi connectivity index (χ1) is 14.1. The lowest BCUT2D eigenvalue weighted by atomic mass is 10.2. The summed E-state index contributed by atoms with van der Waals surface area (Å²) >= 11 is 0. The highest BCUT2D eigenvalue weighted by molar-refractivity contribution is 7.89. The molecule has 30 heavy (non-hydrogen) atoms. The van der Waals surface area contributed by atoms with Crippen LogP contribution in [-0.2, 0) is 21.3 Å². The monoisotopic (exact) mass is 446 g/mol. The largest absolute Gasteiger partial charge is 0.573 e. The molecule has 0 fully saturated rings. The van der Waals surface area contributed by atoms with Crippen LogP contribution in [0.5, 0.6) is 5.75 Å². The van der Waals surface area contributed by atoms with Crippen molar-refractivity contribution in [2.75, 3.05) is 25.6 Å². The van der Waals surface area contributed by atoms with Crippen LogP contribution in [0.1, 0.15) is 5.56 Å². The molecule has 164 valence electrons. The number of rotatable bonds is 9. The van der Waals surface area contributed by atoms with Crippen molar-refractivity contribution >= 4 is 21.7 Å². The zero-order chi connectivity index (χ0) is 22.2. The summed E-state index contributed by atoms with van der Waals surface area (Å²) in [5.74, 6) is -0.627. The molecule has 0 saturated carbocycles. The van der Waals surface area contributed by atoms with Crippen molar-refractivity contribution in [3.63, 3.8) is 0 Å². The first kappa shape index (κ1) is 23.4. The third kappa shape index (κ3) is 7.54. The lowest BCUT2D eigenvalue weighted by Crippen LogP contribution is -2.27. The number of anilines is 1. The lowest BCUT2D eigenvalue weighted by Gasteiger charge is -2.14. The topological polar surface area (TPSA) is 115 Å². The summed E-state index contributed by atoms with van der Waals surface area (Å²) in [6.07, 6.45) is -4.85. The first-order valence-electron chi connectivity index (χ1n) is 8.60. The van der Waals surface area contributed by atoms with Gasteiger partial charge in [0.2, 0.25) is 10.0 Å². The van der Waals surface area contributed by atoms with Gasteiger partial charge in [0, 0.05) is 13.7 Å². The van der Waals surface area contributed by atoms with E-state index in [-0.39, 0.29) is 36.2 Å². The van der Waals surface area contributed by atoms with Crippen molar-refractivity contribution in [2.24, 2.45) is 10.7 Å². The average molecular weight is 446 g/mol. The summed E-state index contributed by atoms with van der Waals surface area (Å²) in [6.45, 7) is 0.352. The number of nitrogens with zero attached hydrogens (tertiary/aromatic N) is 1. The van der Waals surface area contributed by atoms with E-state index in [1.54, 1.807) is 12.1 Å². The van der Waals surface area contributed by atoms with Crippen LogP contribution >= 0.6 is 0 Å². The minimum absolute atomic E-state index is 0.00254. The fourth-order valence-electron chi connectivity index (χ4n) is 2.31. The Morgan fingerprint density at radius 1 is 1.17 bits per heavy atom. The molecule has 4 N–H and O–H groups in total. The van der Waals surface area contributed by atoms with Gasteiger partial charge in [-0.05, 0) is 29.8 Å². The number of alkyl halides is 3. The molecule has 0 saturated heterocycles. The number of sulfonamides is 1. The predicted molar refractivity (Wildman–Crippen MR) is 106 cm³/mol. The molecule has 0 atom stereocenters. The number of guanidine groups is 1. The second-order valence-corrected chi connectivity index (χ2v) is 7.68. The number of aliphatic imine (C=N–C) groups is 1. The van der Waals surface area contributed by atoms with Crippen molar-refractivity contribution < 1.29 is 31.1 Å². The van der Waals surface area contributed by atoms with E-state index in [1.165, 1.54) is 37.4 Å². The van der Waals surface area contributed by atoms with Gasteiger partial charge in [-0.1, -0.05) is 24.3 Å². The number of hydrogen-bond donors (Lipinski definition) is 3. The Balaban J connectivity index is 2.08. The van der Waals surface area contributed by atoms with Crippen LogP contribution in [0.4, 0.5) is 18.9 Å². The van der Waals surface area contributed by atoms with Crippen LogP contribution in [0.2, 0.25) is 0 Å². The van der Waals surface area contributed by atoms with Crippen molar-refractivity contribution in [1.29, 1.82) is 0 Å². The molecule has 0 aliphatic carbocycles. The predicted octanol–water partition coefficient (Wildman–Crippen LogP) is 2.44. The van der Waals surface area contributed by atoms with Gasteiger partial charge in [-0.25, -0.2) is 18.1 Å². The molecule has 0 aromatic heterocycles.